The Labute approximate surface area is 129 Å². The molecule has 0 aromatic heterocycles. The van der Waals surface area contributed by atoms with Crippen LogP contribution in [0.1, 0.15) is 71.6 Å². The van der Waals surface area contributed by atoms with Crippen molar-refractivity contribution in [2.24, 2.45) is 5.10 Å². The number of rotatable bonds is 8. The second-order valence-corrected chi connectivity index (χ2v) is 5.78. The third kappa shape index (κ3) is 4.44. The lowest BCUT2D eigenvalue weighted by atomic mass is 10.0. The molecule has 22 heavy (non-hydrogen) atoms. The van der Waals surface area contributed by atoms with Gasteiger partial charge in [-0.1, -0.05) is 46.0 Å². The van der Waals surface area contributed by atoms with Crippen molar-refractivity contribution in [2.75, 3.05) is 0 Å². The first-order valence-corrected chi connectivity index (χ1v) is 7.94. The lowest BCUT2D eigenvalue weighted by molar-refractivity contribution is -0.302. The van der Waals surface area contributed by atoms with E-state index in [1.165, 1.54) is 0 Å². The third-order valence-corrected chi connectivity index (χ3v) is 3.77. The van der Waals surface area contributed by atoms with Crippen molar-refractivity contribution in [1.29, 1.82) is 0 Å². The van der Waals surface area contributed by atoms with Gasteiger partial charge in [-0.25, -0.2) is 0 Å². The number of halogens is 3. The molecule has 0 saturated heterocycles. The van der Waals surface area contributed by atoms with Crippen LogP contribution in [0.3, 0.4) is 0 Å². The molecule has 0 unspecified atom stereocenters. The summed E-state index contributed by atoms with van der Waals surface area (Å²) in [6.07, 6.45) is -0.254. The van der Waals surface area contributed by atoms with Crippen molar-refractivity contribution in [1.82, 2.24) is 5.01 Å². The van der Waals surface area contributed by atoms with Gasteiger partial charge in [0.2, 0.25) is 5.91 Å². The predicted octanol–water partition coefficient (Wildman–Crippen LogP) is 3.99. The molecule has 0 saturated carbocycles. The zero-order valence-electron chi connectivity index (χ0n) is 13.2. The summed E-state index contributed by atoms with van der Waals surface area (Å²) in [6, 6.07) is 0. The Morgan fingerprint density at radius 1 is 1.23 bits per heavy atom. The minimum absolute atomic E-state index is 0.0228. The highest BCUT2D eigenvalue weighted by atomic mass is 19.4. The number of unbranched alkanes of at least 4 members (excludes halogenated alkanes) is 4. The predicted molar refractivity (Wildman–Crippen MR) is 78.2 cm³/mol. The van der Waals surface area contributed by atoms with Gasteiger partial charge < -0.3 is 5.11 Å². The van der Waals surface area contributed by atoms with E-state index in [9.17, 15) is 23.1 Å². The van der Waals surface area contributed by atoms with Gasteiger partial charge in [-0.15, -0.1) is 0 Å². The van der Waals surface area contributed by atoms with Crippen LogP contribution < -0.4 is 0 Å². The molecule has 0 spiro atoms. The number of alkyl halides is 3. The lowest BCUT2D eigenvalue weighted by Gasteiger charge is -2.32. The molecular formula is C15H25F3N2O2. The molecule has 1 heterocycles. The van der Waals surface area contributed by atoms with Gasteiger partial charge in [0.15, 0.2) is 0 Å². The van der Waals surface area contributed by atoms with E-state index < -0.39 is 24.2 Å². The van der Waals surface area contributed by atoms with Crippen molar-refractivity contribution >= 4 is 11.6 Å². The normalized spacial score (nSPS) is 22.1. The van der Waals surface area contributed by atoms with Crippen LogP contribution in [0.2, 0.25) is 0 Å². The van der Waals surface area contributed by atoms with E-state index in [-0.39, 0.29) is 17.1 Å². The maximum absolute atomic E-state index is 13.1. The first-order chi connectivity index (χ1) is 10.3. The van der Waals surface area contributed by atoms with E-state index in [0.29, 0.717) is 19.3 Å². The zero-order chi connectivity index (χ0) is 16.8. The maximum atomic E-state index is 13.1. The van der Waals surface area contributed by atoms with Crippen LogP contribution in [0.15, 0.2) is 5.10 Å². The number of aliphatic hydroxyl groups is 1. The molecule has 4 nitrogen and oxygen atoms in total. The van der Waals surface area contributed by atoms with Crippen LogP contribution in [0.5, 0.6) is 0 Å². The Balaban J connectivity index is 2.71. The van der Waals surface area contributed by atoms with Crippen molar-refractivity contribution in [3.63, 3.8) is 0 Å². The molecule has 1 amide bonds. The highest BCUT2D eigenvalue weighted by molar-refractivity contribution is 5.90. The monoisotopic (exact) mass is 322 g/mol. The molecule has 0 aromatic carbocycles. The quantitative estimate of drug-likeness (QED) is 0.687. The van der Waals surface area contributed by atoms with E-state index >= 15 is 0 Å². The summed E-state index contributed by atoms with van der Waals surface area (Å²) in [5.74, 6) is -0.762. The summed E-state index contributed by atoms with van der Waals surface area (Å²) in [4.78, 5) is 12.0. The van der Waals surface area contributed by atoms with Gasteiger partial charge >= 0.3 is 6.18 Å². The molecule has 0 bridgehead atoms. The summed E-state index contributed by atoms with van der Waals surface area (Å²) >= 11 is 0. The number of nitrogens with zero attached hydrogens (tertiary/aromatic N) is 2. The molecule has 1 N–H and O–H groups in total. The van der Waals surface area contributed by atoms with Crippen molar-refractivity contribution in [3.8, 4) is 0 Å². The van der Waals surface area contributed by atoms with E-state index in [0.717, 1.165) is 25.7 Å². The minimum atomic E-state index is -4.91. The Bertz CT molecular complexity index is 410. The standard InChI is InChI=1S/C15H25F3N2O2/c1-3-5-6-7-8-10-13(21)20-14(22,15(16,17)18)11-12(19-20)9-4-2/h22H,3-11H2,1-2H3/t14-/m0/s1. The van der Waals surface area contributed by atoms with E-state index in [1.807, 2.05) is 6.92 Å². The molecule has 0 radical (unpaired) electrons. The fraction of sp³-hybridized carbons (Fsp3) is 0.867. The molecule has 1 aliphatic heterocycles. The summed E-state index contributed by atoms with van der Waals surface area (Å²) < 4.78 is 39.4. The molecule has 0 aliphatic carbocycles. The van der Waals surface area contributed by atoms with Crippen LogP contribution in [-0.4, -0.2) is 33.6 Å². The third-order valence-electron chi connectivity index (χ3n) is 3.77. The van der Waals surface area contributed by atoms with Crippen LogP contribution in [0.4, 0.5) is 13.2 Å². The number of hydrogen-bond donors (Lipinski definition) is 1. The van der Waals surface area contributed by atoms with Crippen molar-refractivity contribution in [3.05, 3.63) is 0 Å². The number of hydrazone groups is 1. The highest BCUT2D eigenvalue weighted by Gasteiger charge is 2.62. The van der Waals surface area contributed by atoms with Gasteiger partial charge in [0.25, 0.3) is 5.72 Å². The number of hydrogen-bond acceptors (Lipinski definition) is 3. The summed E-state index contributed by atoms with van der Waals surface area (Å²) in [7, 11) is 0. The molecule has 1 atom stereocenters. The fourth-order valence-electron chi connectivity index (χ4n) is 2.51. The zero-order valence-corrected chi connectivity index (χ0v) is 13.2. The Kier molecular flexibility index (Phi) is 6.84. The largest absolute Gasteiger partial charge is 0.438 e. The van der Waals surface area contributed by atoms with Crippen LogP contribution in [0.25, 0.3) is 0 Å². The van der Waals surface area contributed by atoms with E-state index in [1.54, 1.807) is 0 Å². The van der Waals surface area contributed by atoms with Gasteiger partial charge in [-0.2, -0.15) is 23.3 Å². The molecule has 7 heteroatoms. The first kappa shape index (κ1) is 18.9. The minimum Gasteiger partial charge on any atom is -0.362 e. The Morgan fingerprint density at radius 3 is 2.41 bits per heavy atom. The summed E-state index contributed by atoms with van der Waals surface area (Å²) in [5, 5.41) is 14.0. The highest BCUT2D eigenvalue weighted by Crippen LogP contribution is 2.41. The van der Waals surface area contributed by atoms with Crippen molar-refractivity contribution < 1.29 is 23.1 Å². The van der Waals surface area contributed by atoms with Gasteiger partial charge in [0, 0.05) is 18.6 Å². The molecule has 128 valence electrons. The molecule has 0 aromatic rings. The Hall–Kier alpha value is -1.11. The second-order valence-electron chi connectivity index (χ2n) is 5.78. The smallest absolute Gasteiger partial charge is 0.362 e. The van der Waals surface area contributed by atoms with Crippen LogP contribution in [0, 0.1) is 0 Å². The maximum Gasteiger partial charge on any atom is 0.438 e. The number of amides is 1. The SMILES string of the molecule is CCCCCCCC(=O)N1N=C(CCC)C[C@]1(O)C(F)(F)F. The first-order valence-electron chi connectivity index (χ1n) is 7.94. The Morgan fingerprint density at radius 2 is 1.86 bits per heavy atom. The van der Waals surface area contributed by atoms with Crippen LogP contribution in [-0.2, 0) is 4.79 Å². The van der Waals surface area contributed by atoms with E-state index in [4.69, 9.17) is 0 Å². The number of carbonyl (C=O) groups excluding carboxylic acids is 1. The summed E-state index contributed by atoms with van der Waals surface area (Å²) in [6.45, 7) is 3.87. The summed E-state index contributed by atoms with van der Waals surface area (Å²) in [5.41, 5.74) is -2.96. The topological polar surface area (TPSA) is 52.9 Å². The average Bonchev–Trinajstić information content (AvgIpc) is 2.77. The van der Waals surface area contributed by atoms with Crippen molar-refractivity contribution in [2.45, 2.75) is 83.5 Å². The molecule has 0 fully saturated rings. The molecule has 1 aliphatic rings. The fourth-order valence-corrected chi connectivity index (χ4v) is 2.51. The van der Waals surface area contributed by atoms with Gasteiger partial charge in [0.1, 0.15) is 0 Å². The van der Waals surface area contributed by atoms with Crippen LogP contribution >= 0.6 is 0 Å². The number of carbonyl (C=O) groups is 1. The van der Waals surface area contributed by atoms with Gasteiger partial charge in [-0.3, -0.25) is 4.79 Å². The average molecular weight is 322 g/mol. The van der Waals surface area contributed by atoms with E-state index in [2.05, 4.69) is 12.0 Å². The second kappa shape index (κ2) is 7.94. The molecule has 1 rings (SSSR count). The van der Waals surface area contributed by atoms with Gasteiger partial charge in [0.05, 0.1) is 0 Å². The lowest BCUT2D eigenvalue weighted by Crippen LogP contribution is -2.56. The van der Waals surface area contributed by atoms with Gasteiger partial charge in [-0.05, 0) is 12.8 Å². The molecular weight excluding hydrogens is 297 g/mol.